The van der Waals surface area contributed by atoms with E-state index in [1.807, 2.05) is 19.9 Å². The van der Waals surface area contributed by atoms with Crippen LogP contribution in [0.4, 0.5) is 0 Å². The number of sulfonamides is 1. The number of nitrogens with zero attached hydrogens (tertiary/aromatic N) is 1. The second kappa shape index (κ2) is 7.46. The van der Waals surface area contributed by atoms with Crippen LogP contribution in [-0.4, -0.2) is 51.3 Å². The maximum absolute atomic E-state index is 12.6. The quantitative estimate of drug-likeness (QED) is 0.762. The van der Waals surface area contributed by atoms with Gasteiger partial charge < -0.3 is 14.1 Å². The predicted octanol–water partition coefficient (Wildman–Crippen LogP) is 1.07. The highest BCUT2D eigenvalue weighted by Crippen LogP contribution is 2.22. The first kappa shape index (κ1) is 18.0. The second-order valence-corrected chi connectivity index (χ2v) is 7.58. The molecule has 1 fully saturated rings. The van der Waals surface area contributed by atoms with Crippen molar-refractivity contribution in [2.45, 2.75) is 38.0 Å². The van der Waals surface area contributed by atoms with Crippen LogP contribution in [0.25, 0.3) is 0 Å². The van der Waals surface area contributed by atoms with Crippen LogP contribution in [0.5, 0.6) is 0 Å². The minimum Gasteiger partial charge on any atom is -0.464 e. The molecule has 0 aromatic carbocycles. The number of rotatable bonds is 8. The van der Waals surface area contributed by atoms with Gasteiger partial charge in [0, 0.05) is 33.0 Å². The van der Waals surface area contributed by atoms with Gasteiger partial charge in [-0.1, -0.05) is 6.92 Å². The molecule has 1 aliphatic heterocycles. The van der Waals surface area contributed by atoms with Crippen molar-refractivity contribution in [3.63, 3.8) is 0 Å². The molecule has 1 amide bonds. The Hall–Kier alpha value is -1.38. The number of hydrogen-bond acceptors (Lipinski definition) is 5. The molecule has 23 heavy (non-hydrogen) atoms. The van der Waals surface area contributed by atoms with E-state index in [-0.39, 0.29) is 25.5 Å². The standard InChI is InChI=1S/C15H24N2O5S/c1-4-11-6-7-14(22-11)13(10-21-3)16-23(19,20)12-8-15(18)17(5-2)9-12/h6-7,12-13,16H,4-5,8-10H2,1-3H3/t12-,13+/m0/s1. The Morgan fingerprint density at radius 2 is 2.17 bits per heavy atom. The minimum absolute atomic E-state index is 0.0151. The highest BCUT2D eigenvalue weighted by molar-refractivity contribution is 7.90. The third-order valence-corrected chi connectivity index (χ3v) is 5.82. The minimum atomic E-state index is -3.66. The molecule has 0 radical (unpaired) electrons. The Bertz CT molecular complexity index is 640. The molecule has 130 valence electrons. The molecule has 8 heteroatoms. The van der Waals surface area contributed by atoms with Crippen LogP contribution in [0.3, 0.4) is 0 Å². The molecule has 1 aliphatic rings. The van der Waals surface area contributed by atoms with Crippen molar-refractivity contribution in [1.29, 1.82) is 0 Å². The van der Waals surface area contributed by atoms with E-state index >= 15 is 0 Å². The van der Waals surface area contributed by atoms with Gasteiger partial charge in [0.25, 0.3) is 0 Å². The largest absolute Gasteiger partial charge is 0.464 e. The summed E-state index contributed by atoms with van der Waals surface area (Å²) in [6.07, 6.45) is 0.746. The van der Waals surface area contributed by atoms with Crippen LogP contribution in [0.15, 0.2) is 16.5 Å². The van der Waals surface area contributed by atoms with Crippen molar-refractivity contribution in [1.82, 2.24) is 9.62 Å². The highest BCUT2D eigenvalue weighted by atomic mass is 32.2. The number of likely N-dealkylation sites (tertiary alicyclic amines) is 1. The molecule has 1 N–H and O–H groups in total. The fraction of sp³-hybridized carbons (Fsp3) is 0.667. The first-order valence-corrected chi connectivity index (χ1v) is 9.32. The second-order valence-electron chi connectivity index (χ2n) is 5.59. The van der Waals surface area contributed by atoms with Crippen molar-refractivity contribution in [3.8, 4) is 0 Å². The summed E-state index contributed by atoms with van der Waals surface area (Å²) in [6.45, 7) is 4.70. The molecule has 1 aromatic rings. The fourth-order valence-corrected chi connectivity index (χ4v) is 4.17. The Morgan fingerprint density at radius 1 is 1.43 bits per heavy atom. The Labute approximate surface area is 137 Å². The van der Waals surface area contributed by atoms with Crippen molar-refractivity contribution in [3.05, 3.63) is 23.7 Å². The molecule has 1 saturated heterocycles. The van der Waals surface area contributed by atoms with Crippen molar-refractivity contribution in [2.75, 3.05) is 26.8 Å². The van der Waals surface area contributed by atoms with Gasteiger partial charge in [0.1, 0.15) is 22.8 Å². The Kier molecular flexibility index (Phi) is 5.83. The van der Waals surface area contributed by atoms with E-state index in [1.54, 1.807) is 11.0 Å². The van der Waals surface area contributed by atoms with Gasteiger partial charge in [-0.15, -0.1) is 0 Å². The normalized spacial score (nSPS) is 20.2. The molecule has 1 aromatic heterocycles. The van der Waals surface area contributed by atoms with Gasteiger partial charge in [-0.05, 0) is 19.1 Å². The van der Waals surface area contributed by atoms with Gasteiger partial charge in [0.2, 0.25) is 15.9 Å². The van der Waals surface area contributed by atoms with Crippen molar-refractivity contribution in [2.24, 2.45) is 0 Å². The topological polar surface area (TPSA) is 88.8 Å². The number of ether oxygens (including phenoxy) is 1. The van der Waals surface area contributed by atoms with E-state index in [2.05, 4.69) is 4.72 Å². The highest BCUT2D eigenvalue weighted by Gasteiger charge is 2.39. The number of carbonyl (C=O) groups is 1. The smallest absolute Gasteiger partial charge is 0.224 e. The molecular formula is C15H24N2O5S. The van der Waals surface area contributed by atoms with E-state index in [4.69, 9.17) is 9.15 Å². The summed E-state index contributed by atoms with van der Waals surface area (Å²) in [4.78, 5) is 13.3. The van der Waals surface area contributed by atoms with Gasteiger partial charge in [0.15, 0.2) is 0 Å². The number of hydrogen-bond donors (Lipinski definition) is 1. The summed E-state index contributed by atoms with van der Waals surface area (Å²) < 4.78 is 38.5. The lowest BCUT2D eigenvalue weighted by molar-refractivity contribution is -0.127. The fourth-order valence-electron chi connectivity index (χ4n) is 2.66. The van der Waals surface area contributed by atoms with Crippen LogP contribution in [0, 0.1) is 0 Å². The third-order valence-electron chi connectivity index (χ3n) is 4.01. The molecule has 7 nitrogen and oxygen atoms in total. The molecule has 0 spiro atoms. The maximum Gasteiger partial charge on any atom is 0.224 e. The van der Waals surface area contributed by atoms with Crippen LogP contribution in [-0.2, 0) is 26.0 Å². The van der Waals surface area contributed by atoms with Crippen LogP contribution < -0.4 is 4.72 Å². The molecule has 0 bridgehead atoms. The average molecular weight is 344 g/mol. The molecule has 2 rings (SSSR count). The monoisotopic (exact) mass is 344 g/mol. The maximum atomic E-state index is 12.6. The van der Waals surface area contributed by atoms with E-state index in [0.717, 1.165) is 12.2 Å². The zero-order chi connectivity index (χ0) is 17.0. The summed E-state index contributed by atoms with van der Waals surface area (Å²) >= 11 is 0. The Morgan fingerprint density at radius 3 is 2.70 bits per heavy atom. The zero-order valence-corrected chi connectivity index (χ0v) is 14.6. The first-order chi connectivity index (χ1) is 10.9. The van der Waals surface area contributed by atoms with E-state index in [0.29, 0.717) is 12.3 Å². The summed E-state index contributed by atoms with van der Waals surface area (Å²) in [5.74, 6) is 1.18. The van der Waals surface area contributed by atoms with Crippen LogP contribution >= 0.6 is 0 Å². The lowest BCUT2D eigenvalue weighted by atomic mass is 10.2. The number of aryl methyl sites for hydroxylation is 1. The molecule has 0 unspecified atom stereocenters. The lowest BCUT2D eigenvalue weighted by Gasteiger charge is -2.19. The molecule has 0 saturated carbocycles. The number of nitrogens with one attached hydrogen (secondary N) is 1. The summed E-state index contributed by atoms with van der Waals surface area (Å²) in [5, 5.41) is -0.741. The summed E-state index contributed by atoms with van der Waals surface area (Å²) in [6, 6.07) is 2.98. The Balaban J connectivity index is 2.13. The van der Waals surface area contributed by atoms with E-state index < -0.39 is 21.3 Å². The van der Waals surface area contributed by atoms with Gasteiger partial charge in [0.05, 0.1) is 6.61 Å². The SMILES string of the molecule is CCc1ccc([C@@H](COC)NS(=O)(=O)[C@H]2CC(=O)N(CC)C2)o1. The summed E-state index contributed by atoms with van der Waals surface area (Å²) in [7, 11) is -2.15. The van der Waals surface area contributed by atoms with Crippen molar-refractivity contribution >= 4 is 15.9 Å². The van der Waals surface area contributed by atoms with E-state index in [1.165, 1.54) is 7.11 Å². The first-order valence-electron chi connectivity index (χ1n) is 7.77. The van der Waals surface area contributed by atoms with Crippen molar-refractivity contribution < 1.29 is 22.4 Å². The van der Waals surface area contributed by atoms with Crippen LogP contribution in [0.2, 0.25) is 0 Å². The number of carbonyl (C=O) groups excluding carboxylic acids is 1. The number of methoxy groups -OCH3 is 1. The van der Waals surface area contributed by atoms with Gasteiger partial charge >= 0.3 is 0 Å². The van der Waals surface area contributed by atoms with E-state index in [9.17, 15) is 13.2 Å². The van der Waals surface area contributed by atoms with Crippen LogP contribution in [0.1, 0.15) is 37.8 Å². The zero-order valence-electron chi connectivity index (χ0n) is 13.7. The van der Waals surface area contributed by atoms with Gasteiger partial charge in [-0.25, -0.2) is 13.1 Å². The lowest BCUT2D eigenvalue weighted by Crippen LogP contribution is -2.39. The van der Waals surface area contributed by atoms with Gasteiger partial charge in [-0.3, -0.25) is 4.79 Å². The number of furan rings is 1. The molecule has 2 heterocycles. The molecular weight excluding hydrogens is 320 g/mol. The molecule has 2 atom stereocenters. The number of amides is 1. The summed E-state index contributed by atoms with van der Waals surface area (Å²) in [5.41, 5.74) is 0. The van der Waals surface area contributed by atoms with Gasteiger partial charge in [-0.2, -0.15) is 0 Å². The molecule has 0 aliphatic carbocycles. The predicted molar refractivity (Wildman–Crippen MR) is 85.4 cm³/mol. The third kappa shape index (κ3) is 4.13. The average Bonchev–Trinajstić information content (AvgIpc) is 3.13.